The Kier molecular flexibility index (Phi) is 5.98. The molecule has 0 radical (unpaired) electrons. The Morgan fingerprint density at radius 3 is 2.36 bits per heavy atom. The third-order valence-corrected chi connectivity index (χ3v) is 3.21. The van der Waals surface area contributed by atoms with Crippen molar-refractivity contribution in [1.82, 2.24) is 5.32 Å². The molecule has 0 saturated heterocycles. The molecule has 2 N–H and O–H groups in total. The zero-order valence-electron chi connectivity index (χ0n) is 13.1. The molecule has 0 aliphatic rings. The molecule has 0 aliphatic carbocycles. The van der Waals surface area contributed by atoms with Crippen LogP contribution < -0.4 is 15.4 Å². The van der Waals surface area contributed by atoms with Gasteiger partial charge in [0.05, 0.1) is 0 Å². The summed E-state index contributed by atoms with van der Waals surface area (Å²) in [7, 11) is 0. The lowest BCUT2D eigenvalue weighted by Gasteiger charge is -2.08. The van der Waals surface area contributed by atoms with Crippen molar-refractivity contribution in [1.29, 1.82) is 0 Å². The van der Waals surface area contributed by atoms with Gasteiger partial charge in [0.2, 0.25) is 0 Å². The number of anilines is 1. The summed E-state index contributed by atoms with van der Waals surface area (Å²) in [5, 5.41) is 6.07. The Morgan fingerprint density at radius 1 is 1.05 bits per heavy atom. The van der Waals surface area contributed by atoms with Gasteiger partial charge in [0.1, 0.15) is 5.75 Å². The van der Waals surface area contributed by atoms with Gasteiger partial charge in [0.15, 0.2) is 6.61 Å². The summed E-state index contributed by atoms with van der Waals surface area (Å²) in [5.41, 5.74) is 3.13. The van der Waals surface area contributed by atoms with Gasteiger partial charge >= 0.3 is 0 Å². The van der Waals surface area contributed by atoms with Gasteiger partial charge in [-0.1, -0.05) is 36.8 Å². The molecule has 0 bridgehead atoms. The van der Waals surface area contributed by atoms with Crippen molar-refractivity contribution in [3.8, 4) is 5.75 Å². The van der Waals surface area contributed by atoms with E-state index in [-0.39, 0.29) is 12.5 Å². The molecular weight excluding hydrogens is 276 g/mol. The molecule has 0 atom stereocenters. The van der Waals surface area contributed by atoms with Gasteiger partial charge in [-0.05, 0) is 43.3 Å². The Labute approximate surface area is 131 Å². The monoisotopic (exact) mass is 298 g/mol. The lowest BCUT2D eigenvalue weighted by molar-refractivity contribution is -0.118. The van der Waals surface area contributed by atoms with Crippen LogP contribution in [0.3, 0.4) is 0 Å². The summed E-state index contributed by atoms with van der Waals surface area (Å²) >= 11 is 0. The first-order valence-electron chi connectivity index (χ1n) is 7.46. The van der Waals surface area contributed by atoms with E-state index < -0.39 is 0 Å². The predicted octanol–water partition coefficient (Wildman–Crippen LogP) is 3.12. The van der Waals surface area contributed by atoms with Crippen LogP contribution >= 0.6 is 0 Å². The second-order valence-corrected chi connectivity index (χ2v) is 5.13. The standard InChI is InChI=1S/C18H22N2O2/c1-3-19-12-15-6-10-17(11-7-15)22-13-18(21)20-16-8-4-14(2)5-9-16/h4-11,19H,3,12-13H2,1-2H3,(H,20,21). The molecule has 0 heterocycles. The van der Waals surface area contributed by atoms with Crippen molar-refractivity contribution in [2.24, 2.45) is 0 Å². The van der Waals surface area contributed by atoms with E-state index >= 15 is 0 Å². The topological polar surface area (TPSA) is 50.4 Å². The normalized spacial score (nSPS) is 10.3. The smallest absolute Gasteiger partial charge is 0.262 e. The molecule has 4 nitrogen and oxygen atoms in total. The lowest BCUT2D eigenvalue weighted by Crippen LogP contribution is -2.20. The molecule has 116 valence electrons. The highest BCUT2D eigenvalue weighted by atomic mass is 16.5. The predicted molar refractivity (Wildman–Crippen MR) is 89.1 cm³/mol. The van der Waals surface area contributed by atoms with Crippen molar-refractivity contribution in [3.05, 3.63) is 59.7 Å². The zero-order chi connectivity index (χ0) is 15.8. The minimum atomic E-state index is -0.166. The van der Waals surface area contributed by atoms with Gasteiger partial charge in [-0.2, -0.15) is 0 Å². The van der Waals surface area contributed by atoms with Crippen molar-refractivity contribution in [3.63, 3.8) is 0 Å². The van der Waals surface area contributed by atoms with Gasteiger partial charge in [-0.25, -0.2) is 0 Å². The SMILES string of the molecule is CCNCc1ccc(OCC(=O)Nc2ccc(C)cc2)cc1. The molecule has 4 heteroatoms. The Bertz CT molecular complexity index is 591. The summed E-state index contributed by atoms with van der Waals surface area (Å²) < 4.78 is 5.49. The fourth-order valence-corrected chi connectivity index (χ4v) is 1.96. The Balaban J connectivity index is 1.79. The molecule has 0 saturated carbocycles. The van der Waals surface area contributed by atoms with Gasteiger partial charge in [-0.3, -0.25) is 4.79 Å². The summed E-state index contributed by atoms with van der Waals surface area (Å²) in [6, 6.07) is 15.4. The van der Waals surface area contributed by atoms with E-state index in [9.17, 15) is 4.79 Å². The van der Waals surface area contributed by atoms with Crippen molar-refractivity contribution in [2.45, 2.75) is 20.4 Å². The van der Waals surface area contributed by atoms with Gasteiger partial charge in [0, 0.05) is 12.2 Å². The van der Waals surface area contributed by atoms with E-state index in [0.29, 0.717) is 5.75 Å². The van der Waals surface area contributed by atoms with Crippen LogP contribution in [0.15, 0.2) is 48.5 Å². The number of rotatable bonds is 7. The average molecular weight is 298 g/mol. The quantitative estimate of drug-likeness (QED) is 0.825. The minimum absolute atomic E-state index is 0.000430. The van der Waals surface area contributed by atoms with E-state index in [0.717, 1.165) is 24.3 Å². The van der Waals surface area contributed by atoms with Crippen molar-refractivity contribution < 1.29 is 9.53 Å². The van der Waals surface area contributed by atoms with Crippen molar-refractivity contribution >= 4 is 11.6 Å². The first kappa shape index (κ1) is 16.0. The number of carbonyl (C=O) groups is 1. The van der Waals surface area contributed by atoms with E-state index in [1.54, 1.807) is 0 Å². The number of nitrogens with one attached hydrogen (secondary N) is 2. The van der Waals surface area contributed by atoms with Crippen molar-refractivity contribution in [2.75, 3.05) is 18.5 Å². The summed E-state index contributed by atoms with van der Waals surface area (Å²) in [6.45, 7) is 5.86. The summed E-state index contributed by atoms with van der Waals surface area (Å²) in [5.74, 6) is 0.528. The lowest BCUT2D eigenvalue weighted by atomic mass is 10.2. The van der Waals surface area contributed by atoms with Crippen LogP contribution in [-0.2, 0) is 11.3 Å². The summed E-state index contributed by atoms with van der Waals surface area (Å²) in [6.07, 6.45) is 0. The molecule has 2 rings (SSSR count). The maximum absolute atomic E-state index is 11.8. The van der Waals surface area contributed by atoms with Gasteiger partial charge in [0.25, 0.3) is 5.91 Å². The number of hydrogen-bond donors (Lipinski definition) is 2. The van der Waals surface area contributed by atoms with E-state index in [2.05, 4.69) is 17.6 Å². The fraction of sp³-hybridized carbons (Fsp3) is 0.278. The van der Waals surface area contributed by atoms with Crippen LogP contribution in [0.4, 0.5) is 5.69 Å². The first-order chi connectivity index (χ1) is 10.7. The minimum Gasteiger partial charge on any atom is -0.484 e. The van der Waals surface area contributed by atoms with Crippen LogP contribution in [0.5, 0.6) is 5.75 Å². The second kappa shape index (κ2) is 8.20. The van der Waals surface area contributed by atoms with Crippen LogP contribution in [0.25, 0.3) is 0 Å². The van der Waals surface area contributed by atoms with Crippen LogP contribution in [0, 0.1) is 6.92 Å². The molecule has 2 aromatic carbocycles. The van der Waals surface area contributed by atoms with Gasteiger partial charge < -0.3 is 15.4 Å². The maximum atomic E-state index is 11.8. The molecule has 0 aliphatic heterocycles. The summed E-state index contributed by atoms with van der Waals surface area (Å²) in [4.78, 5) is 11.8. The Hall–Kier alpha value is -2.33. The number of amides is 1. The number of hydrogen-bond acceptors (Lipinski definition) is 3. The van der Waals surface area contributed by atoms with E-state index in [1.165, 1.54) is 5.56 Å². The van der Waals surface area contributed by atoms with Crippen LogP contribution in [0.2, 0.25) is 0 Å². The largest absolute Gasteiger partial charge is 0.484 e. The third-order valence-electron chi connectivity index (χ3n) is 3.21. The maximum Gasteiger partial charge on any atom is 0.262 e. The Morgan fingerprint density at radius 2 is 1.73 bits per heavy atom. The molecule has 0 aromatic heterocycles. The van der Waals surface area contributed by atoms with E-state index in [4.69, 9.17) is 4.74 Å². The highest BCUT2D eigenvalue weighted by Gasteiger charge is 2.03. The molecule has 1 amide bonds. The highest BCUT2D eigenvalue weighted by molar-refractivity contribution is 5.91. The number of benzene rings is 2. The number of carbonyl (C=O) groups excluding carboxylic acids is 1. The van der Waals surface area contributed by atoms with Crippen LogP contribution in [0.1, 0.15) is 18.1 Å². The number of ether oxygens (including phenoxy) is 1. The molecule has 0 unspecified atom stereocenters. The van der Waals surface area contributed by atoms with Gasteiger partial charge in [-0.15, -0.1) is 0 Å². The zero-order valence-corrected chi connectivity index (χ0v) is 13.1. The van der Waals surface area contributed by atoms with Crippen LogP contribution in [-0.4, -0.2) is 19.1 Å². The van der Waals surface area contributed by atoms with E-state index in [1.807, 2.05) is 55.5 Å². The molecule has 22 heavy (non-hydrogen) atoms. The molecular formula is C18H22N2O2. The third kappa shape index (κ3) is 5.22. The number of aryl methyl sites for hydroxylation is 1. The molecule has 0 spiro atoms. The second-order valence-electron chi connectivity index (χ2n) is 5.13. The fourth-order valence-electron chi connectivity index (χ4n) is 1.96. The highest BCUT2D eigenvalue weighted by Crippen LogP contribution is 2.13. The molecule has 0 fully saturated rings. The average Bonchev–Trinajstić information content (AvgIpc) is 2.54. The molecule has 2 aromatic rings. The first-order valence-corrected chi connectivity index (χ1v) is 7.46.